The molecule has 0 aromatic heterocycles. The lowest BCUT2D eigenvalue weighted by atomic mass is 9.78. The summed E-state index contributed by atoms with van der Waals surface area (Å²) in [6, 6.07) is 15.3. The van der Waals surface area contributed by atoms with Crippen molar-refractivity contribution in [2.75, 3.05) is 4.90 Å². The molecule has 0 radical (unpaired) electrons. The normalized spacial score (nSPS) is 27.0. The van der Waals surface area contributed by atoms with Crippen molar-refractivity contribution in [2.24, 2.45) is 10.3 Å². The quantitative estimate of drug-likeness (QED) is 0.554. The van der Waals surface area contributed by atoms with Crippen LogP contribution in [-0.2, 0) is 0 Å². The molecule has 0 aliphatic carbocycles. The molecular weight excluding hydrogens is 288 g/mol. The molecule has 0 saturated carbocycles. The number of benzene rings is 2. The first-order valence-electron chi connectivity index (χ1n) is 7.69. The van der Waals surface area contributed by atoms with Gasteiger partial charge in [0.2, 0.25) is 0 Å². The van der Waals surface area contributed by atoms with E-state index in [1.807, 2.05) is 0 Å². The summed E-state index contributed by atoms with van der Waals surface area (Å²) in [5.74, 6) is 2.00. The highest BCUT2D eigenvalue weighted by molar-refractivity contribution is 7.99. The molecule has 0 N–H and O–H groups in total. The highest BCUT2D eigenvalue weighted by atomic mass is 32.2. The Morgan fingerprint density at radius 1 is 1.09 bits per heavy atom. The average molecular weight is 304 g/mol. The average Bonchev–Trinajstić information content (AvgIpc) is 3.00. The minimum Gasteiger partial charge on any atom is -0.309 e. The van der Waals surface area contributed by atoms with Gasteiger partial charge in [-0.2, -0.15) is 4.40 Å². The summed E-state index contributed by atoms with van der Waals surface area (Å²) >= 11 is 1.70. The maximum absolute atomic E-state index is 4.83. The summed E-state index contributed by atoms with van der Waals surface area (Å²) in [6.45, 7) is 6.40. The van der Waals surface area contributed by atoms with Gasteiger partial charge < -0.3 is 4.90 Å². The van der Waals surface area contributed by atoms with Gasteiger partial charge in [-0.1, -0.05) is 55.5 Å². The number of para-hydroxylation sites is 1. The van der Waals surface area contributed by atoms with E-state index < -0.39 is 0 Å². The van der Waals surface area contributed by atoms with Crippen LogP contribution in [0.1, 0.15) is 24.0 Å². The number of nitrogens with zero attached hydrogens (tertiary/aromatic N) is 2. The van der Waals surface area contributed by atoms with E-state index in [0.717, 1.165) is 5.84 Å². The van der Waals surface area contributed by atoms with Crippen LogP contribution in [0.5, 0.6) is 0 Å². The minimum absolute atomic E-state index is 0.338. The van der Waals surface area contributed by atoms with Crippen molar-refractivity contribution >= 4 is 23.5 Å². The van der Waals surface area contributed by atoms with E-state index in [2.05, 4.69) is 66.9 Å². The highest BCUT2D eigenvalue weighted by Gasteiger charge is 2.47. The van der Waals surface area contributed by atoms with Crippen molar-refractivity contribution in [3.63, 3.8) is 0 Å². The van der Waals surface area contributed by atoms with E-state index >= 15 is 0 Å². The Labute approximate surface area is 134 Å². The molecule has 5 rings (SSSR count). The van der Waals surface area contributed by atoms with Gasteiger partial charge in [0.25, 0.3) is 0 Å². The lowest BCUT2D eigenvalue weighted by molar-refractivity contribution is 0.506. The predicted molar refractivity (Wildman–Crippen MR) is 94.4 cm³/mol. The van der Waals surface area contributed by atoms with E-state index in [1.165, 1.54) is 27.9 Å². The Morgan fingerprint density at radius 2 is 1.86 bits per heavy atom. The fourth-order valence-electron chi connectivity index (χ4n) is 4.07. The summed E-state index contributed by atoms with van der Waals surface area (Å²) in [4.78, 5) is 2.45. The zero-order chi connectivity index (χ0) is 14.8. The minimum atomic E-state index is 0.338. The fraction of sp³-hybridized carbons (Fsp3) is 0.211. The van der Waals surface area contributed by atoms with Crippen LogP contribution in [0.15, 0.2) is 59.5 Å². The summed E-state index contributed by atoms with van der Waals surface area (Å²) in [7, 11) is 0. The van der Waals surface area contributed by atoms with Gasteiger partial charge in [0.15, 0.2) is 0 Å². The van der Waals surface area contributed by atoms with Gasteiger partial charge >= 0.3 is 0 Å². The molecule has 3 heteroatoms. The van der Waals surface area contributed by atoms with Crippen molar-refractivity contribution in [1.29, 1.82) is 0 Å². The third kappa shape index (κ3) is 1.35. The van der Waals surface area contributed by atoms with Crippen LogP contribution in [0.3, 0.4) is 0 Å². The molecule has 3 aliphatic heterocycles. The molecule has 0 spiro atoms. The SMILES string of the molecule is C=CC1C(C)c2cccc3c2N2C(=NSC12)c1ccccc1-3. The lowest BCUT2D eigenvalue weighted by Crippen LogP contribution is -2.46. The van der Waals surface area contributed by atoms with Crippen LogP contribution in [0.4, 0.5) is 5.69 Å². The van der Waals surface area contributed by atoms with Gasteiger partial charge in [0, 0.05) is 29.0 Å². The second kappa shape index (κ2) is 4.26. The topological polar surface area (TPSA) is 15.6 Å². The predicted octanol–water partition coefficient (Wildman–Crippen LogP) is 4.83. The smallest absolute Gasteiger partial charge is 0.150 e. The van der Waals surface area contributed by atoms with Gasteiger partial charge in [0.05, 0.1) is 5.69 Å². The monoisotopic (exact) mass is 304 g/mol. The first-order chi connectivity index (χ1) is 10.8. The first kappa shape index (κ1) is 12.5. The molecule has 3 unspecified atom stereocenters. The van der Waals surface area contributed by atoms with E-state index in [-0.39, 0.29) is 0 Å². The molecule has 3 aliphatic rings. The molecule has 2 aromatic carbocycles. The van der Waals surface area contributed by atoms with Crippen LogP contribution in [0.25, 0.3) is 11.1 Å². The third-order valence-corrected chi connectivity index (χ3v) is 6.18. The third-order valence-electron chi connectivity index (χ3n) is 5.17. The van der Waals surface area contributed by atoms with Gasteiger partial charge in [-0.25, -0.2) is 0 Å². The fourth-order valence-corrected chi connectivity index (χ4v) is 5.25. The largest absolute Gasteiger partial charge is 0.309 e. The van der Waals surface area contributed by atoms with Gasteiger partial charge in [-0.3, -0.25) is 0 Å². The second-order valence-corrected chi connectivity index (χ2v) is 7.05. The van der Waals surface area contributed by atoms with Crippen molar-refractivity contribution in [3.05, 3.63) is 66.2 Å². The lowest BCUT2D eigenvalue weighted by Gasteiger charge is -2.44. The summed E-state index contributed by atoms with van der Waals surface area (Å²) in [5.41, 5.74) is 6.68. The molecule has 108 valence electrons. The van der Waals surface area contributed by atoms with Crippen molar-refractivity contribution in [3.8, 4) is 11.1 Å². The van der Waals surface area contributed by atoms with Gasteiger partial charge in [0.1, 0.15) is 11.2 Å². The Hall–Kier alpha value is -2.00. The van der Waals surface area contributed by atoms with E-state index in [0.29, 0.717) is 17.2 Å². The molecule has 0 saturated heterocycles. The maximum atomic E-state index is 4.83. The van der Waals surface area contributed by atoms with Crippen LogP contribution in [-0.4, -0.2) is 11.2 Å². The Morgan fingerprint density at radius 3 is 2.68 bits per heavy atom. The number of hydrogen-bond acceptors (Lipinski definition) is 3. The van der Waals surface area contributed by atoms with Crippen LogP contribution in [0.2, 0.25) is 0 Å². The molecule has 3 heterocycles. The zero-order valence-electron chi connectivity index (χ0n) is 12.4. The molecule has 0 bridgehead atoms. The molecule has 0 fully saturated rings. The van der Waals surface area contributed by atoms with Crippen LogP contribution < -0.4 is 4.90 Å². The second-order valence-electron chi connectivity index (χ2n) is 6.17. The number of fused-ring (bicyclic) bond motifs is 3. The van der Waals surface area contributed by atoms with Gasteiger partial charge in [-0.05, 0) is 17.0 Å². The molecule has 22 heavy (non-hydrogen) atoms. The van der Waals surface area contributed by atoms with Crippen molar-refractivity contribution in [2.45, 2.75) is 18.2 Å². The number of hydrogen-bond donors (Lipinski definition) is 0. The molecule has 0 amide bonds. The number of anilines is 1. The Bertz CT molecular complexity index is 839. The van der Waals surface area contributed by atoms with Crippen molar-refractivity contribution < 1.29 is 0 Å². The van der Waals surface area contributed by atoms with Crippen LogP contribution in [0, 0.1) is 5.92 Å². The van der Waals surface area contributed by atoms with E-state index in [4.69, 9.17) is 4.40 Å². The van der Waals surface area contributed by atoms with E-state index in [9.17, 15) is 0 Å². The van der Waals surface area contributed by atoms with E-state index in [1.54, 1.807) is 11.9 Å². The molecular formula is C19H16N2S. The van der Waals surface area contributed by atoms with Crippen LogP contribution >= 0.6 is 11.9 Å². The maximum Gasteiger partial charge on any atom is 0.150 e. The zero-order valence-corrected chi connectivity index (χ0v) is 13.2. The summed E-state index contributed by atoms with van der Waals surface area (Å²) in [5, 5.41) is 0.338. The Kier molecular flexibility index (Phi) is 2.43. The summed E-state index contributed by atoms with van der Waals surface area (Å²) < 4.78 is 4.83. The summed E-state index contributed by atoms with van der Waals surface area (Å²) in [6.07, 6.45) is 2.11. The molecule has 2 nitrogen and oxygen atoms in total. The first-order valence-corrected chi connectivity index (χ1v) is 8.53. The van der Waals surface area contributed by atoms with Gasteiger partial charge in [-0.15, -0.1) is 6.58 Å². The Balaban J connectivity index is 1.89. The molecule has 3 atom stereocenters. The number of amidine groups is 1. The van der Waals surface area contributed by atoms with Crippen molar-refractivity contribution in [1.82, 2.24) is 0 Å². The molecule has 2 aromatic rings. The highest BCUT2D eigenvalue weighted by Crippen LogP contribution is 2.55. The standard InChI is InChI=1S/C19H16N2S/c1-3-12-11(2)13-9-6-10-15-14-7-4-5-8-16(14)18-20-22-19(12)21(18)17(13)15/h3-12,19H,1H2,2H3. The number of rotatable bonds is 1.